The number of hydroxylamine groups is 2. The zero-order chi connectivity index (χ0) is 10.4. The van der Waals surface area contributed by atoms with Crippen molar-refractivity contribution in [3.8, 4) is 0 Å². The lowest BCUT2D eigenvalue weighted by atomic mass is 10.1. The van der Waals surface area contributed by atoms with Gasteiger partial charge in [0.25, 0.3) is 0 Å². The van der Waals surface area contributed by atoms with Crippen LogP contribution in [-0.2, 0) is 9.68 Å². The molecule has 0 aromatic carbocycles. The molecule has 3 heteroatoms. The lowest BCUT2D eigenvalue weighted by molar-refractivity contribution is -0.338. The number of allylic oxidation sites excluding steroid dienone is 4. The normalized spacial score (nSPS) is 15.6. The quantitative estimate of drug-likeness (QED) is 0.629. The van der Waals surface area contributed by atoms with E-state index in [0.29, 0.717) is 13.2 Å². The minimum absolute atomic E-state index is 0.589. The lowest BCUT2D eigenvalue weighted by Crippen LogP contribution is -2.23. The van der Waals surface area contributed by atoms with Crippen LogP contribution in [0.1, 0.15) is 20.3 Å². The standard InChI is InChI=1S/C11H17NO2/c1-4-13-12(14-5-2)11-8-6-10(3)7-9-11/h6,8-9H,3-5,7H2,1-2H3. The Bertz CT molecular complexity index is 250. The van der Waals surface area contributed by atoms with Gasteiger partial charge < -0.3 is 0 Å². The molecule has 0 saturated carbocycles. The Morgan fingerprint density at radius 1 is 1.29 bits per heavy atom. The SMILES string of the molecule is C=C1C=CC(N(OCC)OCC)=CC1. The fourth-order valence-electron chi connectivity index (χ4n) is 1.13. The summed E-state index contributed by atoms with van der Waals surface area (Å²) in [5.74, 6) is 0. The first-order chi connectivity index (χ1) is 6.77. The predicted octanol–water partition coefficient (Wildman–Crippen LogP) is 2.59. The molecule has 1 aliphatic rings. The van der Waals surface area contributed by atoms with E-state index in [1.807, 2.05) is 32.1 Å². The van der Waals surface area contributed by atoms with Gasteiger partial charge in [0.05, 0.1) is 18.9 Å². The maximum absolute atomic E-state index is 5.32. The smallest absolute Gasteiger partial charge is 0.0910 e. The first-order valence-corrected chi connectivity index (χ1v) is 4.90. The van der Waals surface area contributed by atoms with Crippen LogP contribution < -0.4 is 0 Å². The summed E-state index contributed by atoms with van der Waals surface area (Å²) in [6, 6.07) is 0. The topological polar surface area (TPSA) is 21.7 Å². The van der Waals surface area contributed by atoms with Gasteiger partial charge in [0.15, 0.2) is 0 Å². The second kappa shape index (κ2) is 5.62. The lowest BCUT2D eigenvalue weighted by Gasteiger charge is -2.23. The molecule has 0 aromatic heterocycles. The van der Waals surface area contributed by atoms with E-state index in [4.69, 9.17) is 9.68 Å². The first kappa shape index (κ1) is 11.0. The van der Waals surface area contributed by atoms with E-state index >= 15 is 0 Å². The van der Waals surface area contributed by atoms with E-state index in [0.717, 1.165) is 17.7 Å². The van der Waals surface area contributed by atoms with E-state index in [1.165, 1.54) is 5.23 Å². The highest BCUT2D eigenvalue weighted by molar-refractivity contribution is 5.31. The van der Waals surface area contributed by atoms with Crippen LogP contribution in [0.4, 0.5) is 0 Å². The molecule has 1 rings (SSSR count). The third-order valence-electron chi connectivity index (χ3n) is 1.77. The minimum Gasteiger partial charge on any atom is -0.249 e. The minimum atomic E-state index is 0.589. The Hall–Kier alpha value is -1.06. The fourth-order valence-corrected chi connectivity index (χ4v) is 1.13. The van der Waals surface area contributed by atoms with E-state index in [-0.39, 0.29) is 0 Å². The molecule has 78 valence electrons. The molecule has 0 N–H and O–H groups in total. The molecular weight excluding hydrogens is 178 g/mol. The van der Waals surface area contributed by atoms with Crippen molar-refractivity contribution in [1.29, 1.82) is 0 Å². The van der Waals surface area contributed by atoms with Gasteiger partial charge in [-0.25, -0.2) is 9.68 Å². The Kier molecular flexibility index (Phi) is 4.43. The van der Waals surface area contributed by atoms with Gasteiger partial charge in [-0.05, 0) is 26.3 Å². The highest BCUT2D eigenvalue weighted by atomic mass is 16.9. The molecule has 1 aliphatic carbocycles. The van der Waals surface area contributed by atoms with Crippen LogP contribution in [0.2, 0.25) is 0 Å². The molecule has 0 spiro atoms. The summed E-state index contributed by atoms with van der Waals surface area (Å²) in [6.07, 6.45) is 6.80. The Morgan fingerprint density at radius 2 is 1.93 bits per heavy atom. The van der Waals surface area contributed by atoms with Gasteiger partial charge >= 0.3 is 0 Å². The average molecular weight is 195 g/mol. The second-order valence-electron chi connectivity index (χ2n) is 2.92. The second-order valence-corrected chi connectivity index (χ2v) is 2.92. The summed E-state index contributed by atoms with van der Waals surface area (Å²) in [7, 11) is 0. The molecule has 0 radical (unpaired) electrons. The summed E-state index contributed by atoms with van der Waals surface area (Å²) >= 11 is 0. The van der Waals surface area contributed by atoms with Gasteiger partial charge in [0, 0.05) is 0 Å². The van der Waals surface area contributed by atoms with Crippen LogP contribution in [-0.4, -0.2) is 18.4 Å². The summed E-state index contributed by atoms with van der Waals surface area (Å²) in [6.45, 7) is 8.90. The summed E-state index contributed by atoms with van der Waals surface area (Å²) in [5, 5.41) is 1.46. The molecule has 3 nitrogen and oxygen atoms in total. The zero-order valence-electron chi connectivity index (χ0n) is 8.82. The summed E-state index contributed by atoms with van der Waals surface area (Å²) in [4.78, 5) is 10.6. The van der Waals surface area contributed by atoms with Crippen molar-refractivity contribution in [3.05, 3.63) is 36.1 Å². The van der Waals surface area contributed by atoms with Crippen LogP contribution in [0, 0.1) is 0 Å². The highest BCUT2D eigenvalue weighted by Crippen LogP contribution is 2.17. The maximum atomic E-state index is 5.32. The van der Waals surface area contributed by atoms with E-state index < -0.39 is 0 Å². The average Bonchev–Trinajstić information content (AvgIpc) is 2.19. The van der Waals surface area contributed by atoms with Crippen molar-refractivity contribution < 1.29 is 9.68 Å². The molecule has 0 aromatic rings. The molecule has 0 heterocycles. The number of hydrogen-bond donors (Lipinski definition) is 0. The summed E-state index contributed by atoms with van der Waals surface area (Å²) < 4.78 is 0. The maximum Gasteiger partial charge on any atom is 0.0910 e. The molecule has 14 heavy (non-hydrogen) atoms. The molecule has 0 fully saturated rings. The van der Waals surface area contributed by atoms with Gasteiger partial charge in [-0.15, -0.1) is 5.23 Å². The predicted molar refractivity (Wildman–Crippen MR) is 56.1 cm³/mol. The van der Waals surface area contributed by atoms with Crippen LogP contribution in [0.3, 0.4) is 0 Å². The van der Waals surface area contributed by atoms with Crippen molar-refractivity contribution in [1.82, 2.24) is 5.23 Å². The first-order valence-electron chi connectivity index (χ1n) is 4.90. The fraction of sp³-hybridized carbons (Fsp3) is 0.455. The Labute approximate surface area is 85.2 Å². The molecule has 0 amide bonds. The van der Waals surface area contributed by atoms with Gasteiger partial charge in [0.1, 0.15) is 0 Å². The highest BCUT2D eigenvalue weighted by Gasteiger charge is 2.09. The van der Waals surface area contributed by atoms with Crippen LogP contribution in [0.5, 0.6) is 0 Å². The van der Waals surface area contributed by atoms with Crippen molar-refractivity contribution in [2.75, 3.05) is 13.2 Å². The largest absolute Gasteiger partial charge is 0.249 e. The third-order valence-corrected chi connectivity index (χ3v) is 1.77. The Morgan fingerprint density at radius 3 is 2.36 bits per heavy atom. The number of nitrogens with zero attached hydrogens (tertiary/aromatic N) is 1. The van der Waals surface area contributed by atoms with E-state index in [1.54, 1.807) is 0 Å². The number of rotatable bonds is 5. The van der Waals surface area contributed by atoms with Crippen LogP contribution in [0.25, 0.3) is 0 Å². The monoisotopic (exact) mass is 195 g/mol. The molecular formula is C11H17NO2. The van der Waals surface area contributed by atoms with E-state index in [9.17, 15) is 0 Å². The molecule has 0 saturated heterocycles. The third kappa shape index (κ3) is 3.01. The van der Waals surface area contributed by atoms with Crippen molar-refractivity contribution in [3.63, 3.8) is 0 Å². The van der Waals surface area contributed by atoms with Gasteiger partial charge in [-0.1, -0.05) is 24.3 Å². The van der Waals surface area contributed by atoms with Gasteiger partial charge in [0.2, 0.25) is 0 Å². The molecule has 0 unspecified atom stereocenters. The van der Waals surface area contributed by atoms with Gasteiger partial charge in [-0.3, -0.25) is 0 Å². The van der Waals surface area contributed by atoms with Crippen molar-refractivity contribution >= 4 is 0 Å². The zero-order valence-corrected chi connectivity index (χ0v) is 8.82. The molecule has 0 atom stereocenters. The molecule has 0 aliphatic heterocycles. The van der Waals surface area contributed by atoms with E-state index in [2.05, 4.69) is 6.58 Å². The molecule has 0 bridgehead atoms. The van der Waals surface area contributed by atoms with Crippen LogP contribution in [0.15, 0.2) is 36.1 Å². The summed E-state index contributed by atoms with van der Waals surface area (Å²) in [5.41, 5.74) is 2.03. The Balaban J connectivity index is 2.59. The van der Waals surface area contributed by atoms with Crippen LogP contribution >= 0.6 is 0 Å². The number of hydrogen-bond acceptors (Lipinski definition) is 3. The van der Waals surface area contributed by atoms with Crippen molar-refractivity contribution in [2.24, 2.45) is 0 Å². The van der Waals surface area contributed by atoms with Crippen molar-refractivity contribution in [2.45, 2.75) is 20.3 Å². The van der Waals surface area contributed by atoms with Gasteiger partial charge in [-0.2, -0.15) is 0 Å².